The van der Waals surface area contributed by atoms with Crippen LogP contribution in [-0.4, -0.2) is 30.1 Å². The highest BCUT2D eigenvalue weighted by Gasteiger charge is 2.35. The molecule has 36 heavy (non-hydrogen) atoms. The zero-order valence-electron chi connectivity index (χ0n) is 22.0. The molecule has 0 radical (unpaired) electrons. The first-order valence-electron chi connectivity index (χ1n) is 13.3. The molecule has 0 saturated heterocycles. The Morgan fingerprint density at radius 1 is 1.17 bits per heavy atom. The molecule has 7 heteroatoms. The number of hydrogen-bond acceptors (Lipinski definition) is 7. The standard InChI is InChI=1S/C29H40N4O3/c1-5-10-18-11-7-14-20(17-18)23(6-2)33(30)26-24(28(35)29(26)36)31-22-16-9-15-21(27(22)34)25(32(3)4)19-12-8-13-19/h7,11,14,16-17,19,23,25,31,34H,5-6,8-10,12-13,15,30H2,1-4H3. The highest BCUT2D eigenvalue weighted by Crippen LogP contribution is 2.40. The van der Waals surface area contributed by atoms with E-state index < -0.39 is 10.9 Å². The molecule has 0 aromatic heterocycles. The van der Waals surface area contributed by atoms with Crippen LogP contribution in [0.25, 0.3) is 0 Å². The second-order valence-electron chi connectivity index (χ2n) is 10.5. The first-order chi connectivity index (χ1) is 17.3. The maximum atomic E-state index is 12.7. The molecule has 2 aromatic carbocycles. The van der Waals surface area contributed by atoms with Gasteiger partial charge in [0.05, 0.1) is 11.7 Å². The Balaban J connectivity index is 1.61. The van der Waals surface area contributed by atoms with Gasteiger partial charge in [0.2, 0.25) is 0 Å². The monoisotopic (exact) mass is 492 g/mol. The molecule has 0 spiro atoms. The van der Waals surface area contributed by atoms with Gasteiger partial charge in [-0.1, -0.05) is 57.0 Å². The second kappa shape index (κ2) is 11.0. The number of hydrazine groups is 1. The van der Waals surface area contributed by atoms with Crippen LogP contribution in [0.1, 0.15) is 76.0 Å². The van der Waals surface area contributed by atoms with Crippen LogP contribution in [0.2, 0.25) is 0 Å². The van der Waals surface area contributed by atoms with Gasteiger partial charge < -0.3 is 15.3 Å². The van der Waals surface area contributed by atoms with E-state index >= 15 is 0 Å². The van der Waals surface area contributed by atoms with Crippen molar-refractivity contribution in [1.82, 2.24) is 4.90 Å². The molecular formula is C29H40N4O3. The summed E-state index contributed by atoms with van der Waals surface area (Å²) in [6.45, 7) is 4.16. The van der Waals surface area contributed by atoms with E-state index in [2.05, 4.69) is 43.4 Å². The van der Waals surface area contributed by atoms with Crippen LogP contribution in [-0.2, 0) is 6.42 Å². The third kappa shape index (κ3) is 4.87. The summed E-state index contributed by atoms with van der Waals surface area (Å²) < 4.78 is 0. The summed E-state index contributed by atoms with van der Waals surface area (Å²) in [5.41, 5.74) is 2.87. The van der Waals surface area contributed by atoms with Gasteiger partial charge in [-0.05, 0) is 75.2 Å². The van der Waals surface area contributed by atoms with E-state index in [9.17, 15) is 14.7 Å². The summed E-state index contributed by atoms with van der Waals surface area (Å²) >= 11 is 0. The smallest absolute Gasteiger partial charge is 0.254 e. The number of benzene rings is 1. The maximum absolute atomic E-state index is 12.7. The molecule has 4 N–H and O–H groups in total. The topological polar surface area (TPSA) is 98.9 Å². The minimum Gasteiger partial charge on any atom is -0.506 e. The van der Waals surface area contributed by atoms with Crippen LogP contribution in [0.3, 0.4) is 0 Å². The van der Waals surface area contributed by atoms with E-state index in [0.717, 1.165) is 49.7 Å². The number of hydrogen-bond donors (Lipinski definition) is 3. The lowest BCUT2D eigenvalue weighted by Gasteiger charge is -2.40. The Morgan fingerprint density at radius 2 is 1.92 bits per heavy atom. The zero-order valence-corrected chi connectivity index (χ0v) is 22.0. The number of aliphatic hydroxyl groups is 1. The van der Waals surface area contributed by atoms with Gasteiger partial charge in [-0.2, -0.15) is 0 Å². The van der Waals surface area contributed by atoms with Gasteiger partial charge in [0.25, 0.3) is 10.9 Å². The lowest BCUT2D eigenvalue weighted by molar-refractivity contribution is 0.159. The largest absolute Gasteiger partial charge is 0.506 e. The van der Waals surface area contributed by atoms with E-state index in [4.69, 9.17) is 5.84 Å². The fourth-order valence-electron chi connectivity index (χ4n) is 5.80. The number of aryl methyl sites for hydroxylation is 1. The quantitative estimate of drug-likeness (QED) is 0.238. The van der Waals surface area contributed by atoms with Gasteiger partial charge in [0.15, 0.2) is 0 Å². The van der Waals surface area contributed by atoms with E-state index in [-0.39, 0.29) is 29.2 Å². The lowest BCUT2D eigenvalue weighted by atomic mass is 9.74. The molecule has 2 atom stereocenters. The van der Waals surface area contributed by atoms with Crippen LogP contribution in [0.5, 0.6) is 0 Å². The molecule has 1 saturated carbocycles. The zero-order chi connectivity index (χ0) is 26.0. The minimum atomic E-state index is -0.598. The van der Waals surface area contributed by atoms with Crippen molar-refractivity contribution in [2.24, 2.45) is 11.8 Å². The first-order valence-corrected chi connectivity index (χ1v) is 13.3. The summed E-state index contributed by atoms with van der Waals surface area (Å²) in [6, 6.07) is 8.17. The Hall–Kier alpha value is -2.90. The van der Waals surface area contributed by atoms with Crippen LogP contribution < -0.4 is 27.0 Å². The molecule has 2 aliphatic rings. The van der Waals surface area contributed by atoms with Crippen molar-refractivity contribution in [3.8, 4) is 0 Å². The molecule has 0 amide bonds. The van der Waals surface area contributed by atoms with E-state index in [0.29, 0.717) is 18.0 Å². The fraction of sp³-hybridized carbons (Fsp3) is 0.517. The maximum Gasteiger partial charge on any atom is 0.254 e. The average Bonchev–Trinajstić information content (AvgIpc) is 2.82. The molecule has 2 unspecified atom stereocenters. The number of rotatable bonds is 11. The van der Waals surface area contributed by atoms with Gasteiger partial charge >= 0.3 is 0 Å². The van der Waals surface area contributed by atoms with Crippen molar-refractivity contribution in [3.05, 3.63) is 78.9 Å². The molecule has 2 aliphatic carbocycles. The predicted molar refractivity (Wildman–Crippen MR) is 147 cm³/mol. The first kappa shape index (κ1) is 26.2. The van der Waals surface area contributed by atoms with Crippen molar-refractivity contribution in [2.45, 2.75) is 77.3 Å². The molecule has 194 valence electrons. The highest BCUT2D eigenvalue weighted by molar-refractivity contribution is 5.77. The van der Waals surface area contributed by atoms with Gasteiger partial charge in [0, 0.05) is 6.04 Å². The molecule has 7 nitrogen and oxygen atoms in total. The number of nitrogens with two attached hydrogens (primary N) is 1. The van der Waals surface area contributed by atoms with Crippen LogP contribution in [0.15, 0.2) is 57.0 Å². The molecule has 2 aromatic rings. The molecular weight excluding hydrogens is 452 g/mol. The van der Waals surface area contributed by atoms with Crippen LogP contribution >= 0.6 is 0 Å². The minimum absolute atomic E-state index is 0.162. The van der Waals surface area contributed by atoms with Gasteiger partial charge in [-0.3, -0.25) is 14.6 Å². The third-order valence-electron chi connectivity index (χ3n) is 7.83. The van der Waals surface area contributed by atoms with Crippen LogP contribution in [0.4, 0.5) is 11.4 Å². The predicted octanol–water partition coefficient (Wildman–Crippen LogP) is 4.70. The van der Waals surface area contributed by atoms with E-state index in [1.807, 2.05) is 25.1 Å². The second-order valence-corrected chi connectivity index (χ2v) is 10.5. The van der Waals surface area contributed by atoms with Crippen molar-refractivity contribution < 1.29 is 5.11 Å². The SMILES string of the molecule is CCCc1cccc(C(CC)N(N)c2c(NC3=CCCC(C(C4CCC4)N(C)C)=C3O)c(=O)c2=O)c1. The van der Waals surface area contributed by atoms with Gasteiger partial charge in [-0.25, -0.2) is 5.84 Å². The Morgan fingerprint density at radius 3 is 2.53 bits per heavy atom. The molecule has 1 fully saturated rings. The van der Waals surface area contributed by atoms with Crippen molar-refractivity contribution in [1.29, 1.82) is 0 Å². The van der Waals surface area contributed by atoms with Crippen molar-refractivity contribution in [3.63, 3.8) is 0 Å². The Kier molecular flexibility index (Phi) is 8.00. The van der Waals surface area contributed by atoms with Crippen molar-refractivity contribution >= 4 is 11.4 Å². The fourth-order valence-corrected chi connectivity index (χ4v) is 5.80. The number of nitrogens with zero attached hydrogens (tertiary/aromatic N) is 2. The summed E-state index contributed by atoms with van der Waals surface area (Å²) in [5.74, 6) is 7.24. The number of likely N-dealkylation sites (N-methyl/N-ethyl adjacent to an activating group) is 1. The molecule has 0 heterocycles. The number of anilines is 2. The summed E-state index contributed by atoms with van der Waals surface area (Å²) in [7, 11) is 4.10. The number of nitrogens with one attached hydrogen (secondary N) is 1. The van der Waals surface area contributed by atoms with Crippen molar-refractivity contribution in [2.75, 3.05) is 24.4 Å². The molecule has 4 rings (SSSR count). The van der Waals surface area contributed by atoms with Crippen LogP contribution in [0, 0.1) is 5.92 Å². The molecule has 0 bridgehead atoms. The lowest BCUT2D eigenvalue weighted by Crippen LogP contribution is -2.47. The van der Waals surface area contributed by atoms with Gasteiger partial charge in [0.1, 0.15) is 17.1 Å². The average molecular weight is 493 g/mol. The normalized spacial score (nSPS) is 18.2. The summed E-state index contributed by atoms with van der Waals surface area (Å²) in [6.07, 6.45) is 9.68. The van der Waals surface area contributed by atoms with Gasteiger partial charge in [-0.15, -0.1) is 0 Å². The highest BCUT2D eigenvalue weighted by atomic mass is 16.3. The van der Waals surface area contributed by atoms with E-state index in [1.165, 1.54) is 17.0 Å². The molecule has 0 aliphatic heterocycles. The summed E-state index contributed by atoms with van der Waals surface area (Å²) in [5, 5.41) is 15.8. The number of aliphatic hydroxyl groups excluding tert-OH is 1. The summed E-state index contributed by atoms with van der Waals surface area (Å²) in [4.78, 5) is 27.5. The Labute approximate surface area is 214 Å². The van der Waals surface area contributed by atoms with E-state index in [1.54, 1.807) is 0 Å². The third-order valence-corrected chi connectivity index (χ3v) is 7.83. The Bertz CT molecular complexity index is 1220. The number of allylic oxidation sites excluding steroid dienone is 1.